The van der Waals surface area contributed by atoms with Gasteiger partial charge in [-0.05, 0) is 49.4 Å². The van der Waals surface area contributed by atoms with Crippen molar-refractivity contribution in [1.82, 2.24) is 29.0 Å². The minimum atomic E-state index is -0.572. The van der Waals surface area contributed by atoms with Crippen LogP contribution in [0.3, 0.4) is 0 Å². The lowest BCUT2D eigenvalue weighted by molar-refractivity contribution is 0.0346. The lowest BCUT2D eigenvalue weighted by Gasteiger charge is -2.25. The second-order valence-electron chi connectivity index (χ2n) is 10.2. The molecule has 1 atom stereocenters. The summed E-state index contributed by atoms with van der Waals surface area (Å²) in [6.07, 6.45) is 3.48. The van der Waals surface area contributed by atoms with Crippen LogP contribution in [-0.2, 0) is 11.3 Å². The van der Waals surface area contributed by atoms with E-state index in [4.69, 9.17) is 15.6 Å². The highest BCUT2D eigenvalue weighted by molar-refractivity contribution is 7.15. The number of nitrogen functional groups attached to an aromatic ring is 1. The number of nitrogens with zero attached hydrogens (tertiary/aromatic N) is 6. The molecule has 208 valence electrons. The van der Waals surface area contributed by atoms with Crippen LogP contribution in [0.15, 0.2) is 67.1 Å². The van der Waals surface area contributed by atoms with Crippen LogP contribution < -0.4 is 5.73 Å². The van der Waals surface area contributed by atoms with Gasteiger partial charge in [-0.3, -0.25) is 4.90 Å². The highest BCUT2D eigenvalue weighted by atomic mass is 32.1. The van der Waals surface area contributed by atoms with Crippen LogP contribution in [0.1, 0.15) is 23.4 Å². The van der Waals surface area contributed by atoms with Crippen molar-refractivity contribution in [3.05, 3.63) is 83.4 Å². The Labute approximate surface area is 239 Å². The zero-order valence-electron chi connectivity index (χ0n) is 22.4. The molecule has 3 N–H and O–H groups in total. The van der Waals surface area contributed by atoms with E-state index in [0.717, 1.165) is 60.6 Å². The smallest absolute Gasteiger partial charge is 0.164 e. The monoisotopic (exact) mass is 569 g/mol. The summed E-state index contributed by atoms with van der Waals surface area (Å²) in [5.41, 5.74) is 10.9. The van der Waals surface area contributed by atoms with E-state index in [2.05, 4.69) is 56.7 Å². The molecule has 5 aromatic heterocycles. The third-order valence-electron chi connectivity index (χ3n) is 7.58. The molecule has 1 aliphatic rings. The third-order valence-corrected chi connectivity index (χ3v) is 8.66. The lowest BCUT2D eigenvalue weighted by atomic mass is 10.1. The zero-order valence-corrected chi connectivity index (χ0v) is 23.2. The highest BCUT2D eigenvalue weighted by Gasteiger charge is 2.26. The fraction of sp³-hybridized carbons (Fsp3) is 0.233. The van der Waals surface area contributed by atoms with Crippen molar-refractivity contribution in [2.75, 3.05) is 32.0 Å². The summed E-state index contributed by atoms with van der Waals surface area (Å²) in [6, 6.07) is 16.3. The number of pyridine rings is 1. The van der Waals surface area contributed by atoms with Gasteiger partial charge in [-0.1, -0.05) is 6.07 Å². The number of halogens is 1. The van der Waals surface area contributed by atoms with Gasteiger partial charge >= 0.3 is 0 Å². The second-order valence-corrected chi connectivity index (χ2v) is 11.4. The number of benzene rings is 1. The Morgan fingerprint density at radius 1 is 1.10 bits per heavy atom. The SMILES string of the molecule is CC(c1cc2ccccn2c1-c1ccc(CN2CCOCC2)s1)n1nc(-c2cc(O)cc(F)c2)c2c(N)ncnc21. The van der Waals surface area contributed by atoms with Gasteiger partial charge in [-0.2, -0.15) is 5.10 Å². The number of rotatable bonds is 6. The molecule has 6 heterocycles. The number of aromatic nitrogens is 5. The molecule has 1 saturated heterocycles. The summed E-state index contributed by atoms with van der Waals surface area (Å²) >= 11 is 1.79. The molecule has 1 unspecified atom stereocenters. The van der Waals surface area contributed by atoms with Crippen LogP contribution >= 0.6 is 11.3 Å². The average molecular weight is 570 g/mol. The van der Waals surface area contributed by atoms with Gasteiger partial charge in [0.25, 0.3) is 0 Å². The summed E-state index contributed by atoms with van der Waals surface area (Å²) in [5, 5.41) is 15.5. The molecule has 6 aromatic rings. The zero-order chi connectivity index (χ0) is 28.1. The topological polar surface area (TPSA) is 107 Å². The molecular weight excluding hydrogens is 541 g/mol. The van der Waals surface area contributed by atoms with Crippen molar-refractivity contribution in [2.24, 2.45) is 0 Å². The van der Waals surface area contributed by atoms with E-state index < -0.39 is 5.82 Å². The van der Waals surface area contributed by atoms with Crippen LogP contribution in [-0.4, -0.2) is 60.5 Å². The van der Waals surface area contributed by atoms with Gasteiger partial charge in [-0.25, -0.2) is 19.0 Å². The summed E-state index contributed by atoms with van der Waals surface area (Å²) in [6.45, 7) is 6.38. The molecule has 0 saturated carbocycles. The Bertz CT molecular complexity index is 1870. The molecule has 0 amide bonds. The van der Waals surface area contributed by atoms with Gasteiger partial charge in [0.05, 0.1) is 35.2 Å². The van der Waals surface area contributed by atoms with Gasteiger partial charge in [0.1, 0.15) is 29.4 Å². The number of aromatic hydroxyl groups is 1. The van der Waals surface area contributed by atoms with Gasteiger partial charge in [0.2, 0.25) is 0 Å². The van der Waals surface area contributed by atoms with Crippen LogP contribution in [0.4, 0.5) is 10.2 Å². The maximum atomic E-state index is 14.3. The first-order valence-electron chi connectivity index (χ1n) is 13.4. The van der Waals surface area contributed by atoms with Crippen LogP contribution in [0.5, 0.6) is 5.75 Å². The Balaban J connectivity index is 1.36. The fourth-order valence-corrected chi connectivity index (χ4v) is 6.72. The number of ether oxygens (including phenoxy) is 1. The number of anilines is 1. The molecule has 7 rings (SSSR count). The average Bonchev–Trinajstić information content (AvgIpc) is 3.68. The van der Waals surface area contributed by atoms with Gasteiger partial charge in [-0.15, -0.1) is 11.3 Å². The summed E-state index contributed by atoms with van der Waals surface area (Å²) in [4.78, 5) is 13.6. The van der Waals surface area contributed by atoms with E-state index in [0.29, 0.717) is 22.3 Å². The first-order chi connectivity index (χ1) is 20.0. The van der Waals surface area contributed by atoms with Gasteiger partial charge < -0.3 is 20.0 Å². The van der Waals surface area contributed by atoms with E-state index in [1.807, 2.05) is 16.8 Å². The molecule has 1 fully saturated rings. The lowest BCUT2D eigenvalue weighted by Crippen LogP contribution is -2.35. The second kappa shape index (κ2) is 10.3. The van der Waals surface area contributed by atoms with Gasteiger partial charge in [0, 0.05) is 53.4 Å². The standard InChI is InChI=1S/C30H28FN7O2S/c1-18(38-30-26(29(32)33-17-34-30)27(35-38)19-12-20(31)14-22(39)13-19)24-15-21-4-2-3-7-37(21)28(24)25-6-5-23(41-25)16-36-8-10-40-11-9-36/h2-7,12-15,17-18,39H,8-11,16H2,1H3,(H2,32,33,34). The van der Waals surface area contributed by atoms with Crippen molar-refractivity contribution in [2.45, 2.75) is 19.5 Å². The van der Waals surface area contributed by atoms with E-state index in [1.165, 1.54) is 23.3 Å². The Morgan fingerprint density at radius 3 is 2.78 bits per heavy atom. The number of nitrogens with two attached hydrogens (primary N) is 1. The Hall–Kier alpha value is -4.32. The molecule has 1 aromatic carbocycles. The van der Waals surface area contributed by atoms with E-state index in [1.54, 1.807) is 11.3 Å². The van der Waals surface area contributed by atoms with Crippen molar-refractivity contribution >= 4 is 33.7 Å². The molecule has 1 aliphatic heterocycles. The molecule has 9 nitrogen and oxygen atoms in total. The molecule has 0 spiro atoms. The number of hydrogen-bond acceptors (Lipinski definition) is 8. The number of fused-ring (bicyclic) bond motifs is 2. The van der Waals surface area contributed by atoms with E-state index in [9.17, 15) is 9.50 Å². The van der Waals surface area contributed by atoms with E-state index in [-0.39, 0.29) is 17.6 Å². The predicted octanol–water partition coefficient (Wildman–Crippen LogP) is 5.34. The molecule has 0 radical (unpaired) electrons. The van der Waals surface area contributed by atoms with Crippen LogP contribution in [0, 0.1) is 5.82 Å². The van der Waals surface area contributed by atoms with Crippen molar-refractivity contribution in [3.8, 4) is 27.6 Å². The normalized spacial score (nSPS) is 15.2. The molecule has 41 heavy (non-hydrogen) atoms. The maximum Gasteiger partial charge on any atom is 0.164 e. The summed E-state index contributed by atoms with van der Waals surface area (Å²) in [7, 11) is 0. The number of morpholine rings is 1. The first-order valence-corrected chi connectivity index (χ1v) is 14.3. The largest absolute Gasteiger partial charge is 0.508 e. The first kappa shape index (κ1) is 25.6. The van der Waals surface area contributed by atoms with Gasteiger partial charge in [0.15, 0.2) is 5.65 Å². The molecule has 11 heteroatoms. The minimum Gasteiger partial charge on any atom is -0.508 e. The number of phenols is 1. The molecule has 0 aliphatic carbocycles. The molecule has 0 bridgehead atoms. The Kier molecular flexibility index (Phi) is 6.41. The number of thiophene rings is 1. The predicted molar refractivity (Wildman–Crippen MR) is 157 cm³/mol. The minimum absolute atomic E-state index is 0.197. The van der Waals surface area contributed by atoms with Crippen LogP contribution in [0.2, 0.25) is 0 Å². The summed E-state index contributed by atoms with van der Waals surface area (Å²) in [5.74, 6) is -0.532. The third kappa shape index (κ3) is 4.61. The maximum absolute atomic E-state index is 14.3. The Morgan fingerprint density at radius 2 is 1.95 bits per heavy atom. The van der Waals surface area contributed by atoms with Crippen LogP contribution in [0.25, 0.3) is 38.4 Å². The van der Waals surface area contributed by atoms with Crippen molar-refractivity contribution < 1.29 is 14.2 Å². The molecular formula is C30H28FN7O2S. The highest BCUT2D eigenvalue weighted by Crippen LogP contribution is 2.40. The summed E-state index contributed by atoms with van der Waals surface area (Å²) < 4.78 is 23.8. The van der Waals surface area contributed by atoms with Crippen molar-refractivity contribution in [3.63, 3.8) is 0 Å². The fourth-order valence-electron chi connectivity index (χ4n) is 5.60. The van der Waals surface area contributed by atoms with E-state index >= 15 is 0 Å². The quantitative estimate of drug-likeness (QED) is 0.279. The number of phenolic OH excluding ortho intramolecular Hbond substituents is 1. The van der Waals surface area contributed by atoms with Crippen molar-refractivity contribution in [1.29, 1.82) is 0 Å². The number of hydrogen-bond donors (Lipinski definition) is 2.